The van der Waals surface area contributed by atoms with Crippen LogP contribution in [0.2, 0.25) is 0 Å². The number of para-hydroxylation sites is 2. The van der Waals surface area contributed by atoms with E-state index in [0.717, 1.165) is 13.1 Å². The minimum atomic E-state index is 0. The highest BCUT2D eigenvalue weighted by Crippen LogP contribution is 2.23. The molecule has 0 aliphatic rings. The molecule has 0 atom stereocenters. The van der Waals surface area contributed by atoms with Gasteiger partial charge in [-0.25, -0.2) is 9.13 Å². The number of nitrogens with zero attached hydrogens (tertiary/aromatic N) is 2. The van der Waals surface area contributed by atoms with Crippen LogP contribution in [0.4, 0.5) is 0 Å². The standard InChI is InChI=1S/C19H21N2.BrH/c1-4-14-21-18-9-7-6-8-17(18)20(5-2)19(21)16-12-10-15(3)11-13-16;/h4,6-13H,1,5,14H2,2-3H3;1H/q+1;/p-1. The second-order valence-corrected chi connectivity index (χ2v) is 5.32. The Morgan fingerprint density at radius 1 is 1.09 bits per heavy atom. The van der Waals surface area contributed by atoms with Gasteiger partial charge in [0, 0.05) is 0 Å². The Morgan fingerprint density at radius 3 is 2.41 bits per heavy atom. The van der Waals surface area contributed by atoms with Gasteiger partial charge in [-0.05, 0) is 38.1 Å². The van der Waals surface area contributed by atoms with E-state index in [0.29, 0.717) is 0 Å². The first-order valence-corrected chi connectivity index (χ1v) is 7.45. The second-order valence-electron chi connectivity index (χ2n) is 5.32. The van der Waals surface area contributed by atoms with Crippen molar-refractivity contribution in [1.82, 2.24) is 4.57 Å². The molecule has 3 heteroatoms. The Bertz CT molecular complexity index is 785. The topological polar surface area (TPSA) is 8.81 Å². The van der Waals surface area contributed by atoms with Gasteiger partial charge in [-0.1, -0.05) is 42.5 Å². The number of imidazole rings is 1. The van der Waals surface area contributed by atoms with Crippen LogP contribution in [0.5, 0.6) is 0 Å². The highest BCUT2D eigenvalue weighted by atomic mass is 79.9. The molecule has 0 amide bonds. The van der Waals surface area contributed by atoms with Crippen LogP contribution in [0.25, 0.3) is 22.4 Å². The Morgan fingerprint density at radius 2 is 1.77 bits per heavy atom. The molecule has 0 spiro atoms. The van der Waals surface area contributed by atoms with E-state index in [1.807, 2.05) is 6.08 Å². The average Bonchev–Trinajstić information content (AvgIpc) is 2.83. The van der Waals surface area contributed by atoms with Crippen molar-refractivity contribution < 1.29 is 21.5 Å². The number of allylic oxidation sites excluding steroid dienone is 1. The summed E-state index contributed by atoms with van der Waals surface area (Å²) >= 11 is 0. The Hall–Kier alpha value is -1.87. The number of hydrogen-bond acceptors (Lipinski definition) is 0. The third-order valence-electron chi connectivity index (χ3n) is 3.91. The number of fused-ring (bicyclic) bond motifs is 1. The van der Waals surface area contributed by atoms with E-state index < -0.39 is 0 Å². The van der Waals surface area contributed by atoms with Crippen molar-refractivity contribution in [3.63, 3.8) is 0 Å². The molecule has 3 aromatic rings. The smallest absolute Gasteiger partial charge is 0.290 e. The minimum absolute atomic E-state index is 0. The van der Waals surface area contributed by atoms with Crippen molar-refractivity contribution in [3.8, 4) is 11.4 Å². The fourth-order valence-electron chi connectivity index (χ4n) is 2.94. The first-order chi connectivity index (χ1) is 10.3. The van der Waals surface area contributed by atoms with Gasteiger partial charge in [-0.15, -0.1) is 0 Å². The van der Waals surface area contributed by atoms with Gasteiger partial charge in [0.15, 0.2) is 11.0 Å². The van der Waals surface area contributed by atoms with Crippen molar-refractivity contribution in [3.05, 3.63) is 66.7 Å². The molecular weight excluding hydrogens is 336 g/mol. The fourth-order valence-corrected chi connectivity index (χ4v) is 2.94. The molecule has 0 saturated carbocycles. The van der Waals surface area contributed by atoms with E-state index in [1.54, 1.807) is 0 Å². The molecule has 114 valence electrons. The van der Waals surface area contributed by atoms with Crippen LogP contribution in [-0.4, -0.2) is 4.57 Å². The van der Waals surface area contributed by atoms with Crippen molar-refractivity contribution in [1.29, 1.82) is 0 Å². The van der Waals surface area contributed by atoms with Gasteiger partial charge in [-0.2, -0.15) is 0 Å². The van der Waals surface area contributed by atoms with Crippen LogP contribution in [0.15, 0.2) is 61.2 Å². The molecule has 2 aromatic carbocycles. The van der Waals surface area contributed by atoms with Crippen molar-refractivity contribution in [2.24, 2.45) is 0 Å². The van der Waals surface area contributed by atoms with Crippen LogP contribution in [0.3, 0.4) is 0 Å². The Kier molecular flexibility index (Phi) is 5.19. The van der Waals surface area contributed by atoms with E-state index in [2.05, 4.69) is 78.1 Å². The summed E-state index contributed by atoms with van der Waals surface area (Å²) in [5, 5.41) is 0. The van der Waals surface area contributed by atoms with Crippen LogP contribution in [0, 0.1) is 6.92 Å². The number of hydrogen-bond donors (Lipinski definition) is 0. The maximum Gasteiger partial charge on any atom is 0.290 e. The summed E-state index contributed by atoms with van der Waals surface area (Å²) in [6.45, 7) is 10.0. The molecule has 2 nitrogen and oxygen atoms in total. The van der Waals surface area contributed by atoms with Crippen LogP contribution >= 0.6 is 0 Å². The lowest BCUT2D eigenvalue weighted by atomic mass is 10.1. The number of halogens is 1. The molecule has 0 aliphatic heterocycles. The Labute approximate surface area is 142 Å². The van der Waals surface area contributed by atoms with Crippen molar-refractivity contribution in [2.45, 2.75) is 26.9 Å². The first-order valence-electron chi connectivity index (χ1n) is 7.45. The van der Waals surface area contributed by atoms with Crippen LogP contribution < -0.4 is 21.5 Å². The summed E-state index contributed by atoms with van der Waals surface area (Å²) in [5.74, 6) is 1.25. The largest absolute Gasteiger partial charge is 1.00 e. The van der Waals surface area contributed by atoms with E-state index >= 15 is 0 Å². The van der Waals surface area contributed by atoms with E-state index in [4.69, 9.17) is 0 Å². The zero-order valence-electron chi connectivity index (χ0n) is 13.1. The third-order valence-corrected chi connectivity index (χ3v) is 3.91. The zero-order chi connectivity index (χ0) is 14.8. The summed E-state index contributed by atoms with van der Waals surface area (Å²) in [7, 11) is 0. The van der Waals surface area contributed by atoms with Crippen molar-refractivity contribution in [2.75, 3.05) is 0 Å². The second kappa shape index (κ2) is 6.93. The minimum Gasteiger partial charge on any atom is -1.00 e. The summed E-state index contributed by atoms with van der Waals surface area (Å²) in [6, 6.07) is 17.3. The van der Waals surface area contributed by atoms with Crippen LogP contribution in [0.1, 0.15) is 12.5 Å². The average molecular weight is 357 g/mol. The molecular formula is C19H21BrN2. The van der Waals surface area contributed by atoms with Gasteiger partial charge in [0.05, 0.1) is 12.1 Å². The first kappa shape index (κ1) is 16.5. The molecule has 1 aromatic heterocycles. The normalized spacial score (nSPS) is 10.5. The summed E-state index contributed by atoms with van der Waals surface area (Å²) in [4.78, 5) is 0. The quantitative estimate of drug-likeness (QED) is 0.489. The molecule has 3 rings (SSSR count). The molecule has 1 heterocycles. The molecule has 0 fully saturated rings. The van der Waals surface area contributed by atoms with E-state index in [-0.39, 0.29) is 17.0 Å². The molecule has 0 N–H and O–H groups in total. The van der Waals surface area contributed by atoms with Crippen molar-refractivity contribution >= 4 is 11.0 Å². The van der Waals surface area contributed by atoms with Gasteiger partial charge in [0.1, 0.15) is 6.54 Å². The summed E-state index contributed by atoms with van der Waals surface area (Å²) in [6.07, 6.45) is 1.96. The lowest BCUT2D eigenvalue weighted by Crippen LogP contribution is -3.00. The molecule has 0 bridgehead atoms. The maximum absolute atomic E-state index is 3.92. The van der Waals surface area contributed by atoms with E-state index in [1.165, 1.54) is 28.0 Å². The number of aromatic nitrogens is 2. The predicted octanol–water partition coefficient (Wildman–Crippen LogP) is 1.11. The van der Waals surface area contributed by atoms with Gasteiger partial charge < -0.3 is 17.0 Å². The fraction of sp³-hybridized carbons (Fsp3) is 0.211. The molecule has 0 aliphatic carbocycles. The monoisotopic (exact) mass is 356 g/mol. The molecule has 0 unspecified atom stereocenters. The highest BCUT2D eigenvalue weighted by Gasteiger charge is 2.24. The summed E-state index contributed by atoms with van der Waals surface area (Å²) in [5.41, 5.74) is 5.07. The predicted molar refractivity (Wildman–Crippen MR) is 88.2 cm³/mol. The van der Waals surface area contributed by atoms with E-state index in [9.17, 15) is 0 Å². The number of benzene rings is 2. The number of aryl methyl sites for hydroxylation is 2. The maximum atomic E-state index is 3.92. The Balaban J connectivity index is 0.00000176. The van der Waals surface area contributed by atoms with Gasteiger partial charge in [0.25, 0.3) is 5.82 Å². The SMILES string of the molecule is C=CC[n+]1c(-c2ccc(C)cc2)n(CC)c2ccccc21.[Br-]. The lowest BCUT2D eigenvalue weighted by Gasteiger charge is -2.03. The highest BCUT2D eigenvalue weighted by molar-refractivity contribution is 5.76. The van der Waals surface area contributed by atoms with Crippen LogP contribution in [-0.2, 0) is 13.1 Å². The molecule has 0 radical (unpaired) electrons. The number of rotatable bonds is 4. The molecule has 22 heavy (non-hydrogen) atoms. The van der Waals surface area contributed by atoms with Gasteiger partial charge in [-0.3, -0.25) is 0 Å². The third kappa shape index (κ3) is 2.73. The zero-order valence-corrected chi connectivity index (χ0v) is 14.7. The van der Waals surface area contributed by atoms with Gasteiger partial charge >= 0.3 is 0 Å². The summed E-state index contributed by atoms with van der Waals surface area (Å²) < 4.78 is 4.72. The lowest BCUT2D eigenvalue weighted by molar-refractivity contribution is -0.650. The van der Waals surface area contributed by atoms with Gasteiger partial charge in [0.2, 0.25) is 0 Å². The molecule has 0 saturated heterocycles.